The highest BCUT2D eigenvalue weighted by Crippen LogP contribution is 2.20. The van der Waals surface area contributed by atoms with E-state index in [0.717, 1.165) is 10.4 Å². The summed E-state index contributed by atoms with van der Waals surface area (Å²) >= 11 is 0. The fraction of sp³-hybridized carbons (Fsp3) is 0.375. The first kappa shape index (κ1) is 19.1. The number of carbonyl (C=O) groups excluding carboxylic acids is 2. The van der Waals surface area contributed by atoms with E-state index in [1.165, 1.54) is 0 Å². The molecule has 12 heteroatoms. The van der Waals surface area contributed by atoms with Gasteiger partial charge in [-0.3, -0.25) is 9.59 Å². The van der Waals surface area contributed by atoms with Crippen molar-refractivity contribution in [3.8, 4) is 0 Å². The van der Waals surface area contributed by atoms with Crippen LogP contribution in [-0.4, -0.2) is 54.1 Å². The van der Waals surface area contributed by atoms with E-state index in [0.29, 0.717) is 18.8 Å². The fourth-order valence-corrected chi connectivity index (χ4v) is 2.76. The molecule has 0 saturated carbocycles. The molecule has 12 nitrogen and oxygen atoms in total. The van der Waals surface area contributed by atoms with Crippen LogP contribution in [0.1, 0.15) is 18.9 Å². The van der Waals surface area contributed by atoms with Crippen LogP contribution in [0.2, 0.25) is 0 Å². The van der Waals surface area contributed by atoms with Crippen LogP contribution < -0.4 is 5.43 Å². The molecule has 0 aliphatic carbocycles. The Morgan fingerprint density at radius 3 is 2.82 bits per heavy atom. The van der Waals surface area contributed by atoms with Crippen LogP contribution in [0, 0.1) is 16.0 Å². The molecule has 3 rings (SSSR count). The third-order valence-electron chi connectivity index (χ3n) is 4.13. The van der Waals surface area contributed by atoms with Gasteiger partial charge in [0.2, 0.25) is 11.8 Å². The standard InChI is InChI=1S/C16H18N8O4/c1-11(8-23-20-16(19-21-23)24(27)28)17-18-15(26)13-7-14(25)22(10-13)9-12-5-3-2-4-6-12/h2-6,13H,7-10H2,1H3,(H,18,26). The van der Waals surface area contributed by atoms with Crippen molar-refractivity contribution in [1.29, 1.82) is 0 Å². The molecular formula is C16H18N8O4. The second kappa shape index (κ2) is 8.33. The van der Waals surface area contributed by atoms with Crippen molar-refractivity contribution in [2.45, 2.75) is 26.4 Å². The summed E-state index contributed by atoms with van der Waals surface area (Å²) in [6.45, 7) is 2.43. The molecule has 0 spiro atoms. The number of tetrazole rings is 1. The number of nitrogens with one attached hydrogen (secondary N) is 1. The number of rotatable bonds is 7. The molecule has 1 N–H and O–H groups in total. The highest BCUT2D eigenvalue weighted by atomic mass is 16.6. The van der Waals surface area contributed by atoms with Crippen molar-refractivity contribution < 1.29 is 14.5 Å². The van der Waals surface area contributed by atoms with Gasteiger partial charge in [-0.25, -0.2) is 5.43 Å². The summed E-state index contributed by atoms with van der Waals surface area (Å²) in [5.41, 5.74) is 3.85. The maximum Gasteiger partial charge on any atom is 0.514 e. The predicted octanol–water partition coefficient (Wildman–Crippen LogP) is 0.122. The lowest BCUT2D eigenvalue weighted by Crippen LogP contribution is -2.31. The Hall–Kier alpha value is -3.70. The highest BCUT2D eigenvalue weighted by molar-refractivity contribution is 5.90. The summed E-state index contributed by atoms with van der Waals surface area (Å²) < 4.78 is 0. The maximum absolute atomic E-state index is 12.3. The quantitative estimate of drug-likeness (QED) is 0.403. The lowest BCUT2D eigenvalue weighted by Gasteiger charge is -2.16. The van der Waals surface area contributed by atoms with Crippen molar-refractivity contribution >= 4 is 23.5 Å². The van der Waals surface area contributed by atoms with Crippen LogP contribution in [-0.2, 0) is 22.7 Å². The van der Waals surface area contributed by atoms with Crippen molar-refractivity contribution in [2.75, 3.05) is 6.54 Å². The van der Waals surface area contributed by atoms with Crippen LogP contribution in [0.25, 0.3) is 0 Å². The van der Waals surface area contributed by atoms with Crippen molar-refractivity contribution in [3.05, 3.63) is 46.0 Å². The summed E-state index contributed by atoms with van der Waals surface area (Å²) in [5.74, 6) is -1.54. The van der Waals surface area contributed by atoms with Gasteiger partial charge < -0.3 is 15.0 Å². The van der Waals surface area contributed by atoms with E-state index < -0.39 is 16.8 Å². The topological polar surface area (TPSA) is 149 Å². The minimum atomic E-state index is -0.754. The van der Waals surface area contributed by atoms with Gasteiger partial charge in [-0.1, -0.05) is 35.1 Å². The van der Waals surface area contributed by atoms with E-state index >= 15 is 0 Å². The number of hydrogen-bond acceptors (Lipinski definition) is 8. The molecule has 1 unspecified atom stereocenters. The predicted molar refractivity (Wildman–Crippen MR) is 95.7 cm³/mol. The molecule has 2 heterocycles. The molecule has 1 aromatic heterocycles. The summed E-state index contributed by atoms with van der Waals surface area (Å²) in [7, 11) is 0. The number of aromatic nitrogens is 4. The molecular weight excluding hydrogens is 368 g/mol. The van der Waals surface area contributed by atoms with Crippen LogP contribution in [0.4, 0.5) is 5.95 Å². The second-order valence-electron chi connectivity index (χ2n) is 6.36. The van der Waals surface area contributed by atoms with E-state index in [1.807, 2.05) is 30.3 Å². The zero-order chi connectivity index (χ0) is 20.1. The minimum Gasteiger partial charge on any atom is -0.390 e. The highest BCUT2D eigenvalue weighted by Gasteiger charge is 2.34. The SMILES string of the molecule is CC(Cn1nnc([N+](=O)[O-])n1)=NNC(=O)C1CC(=O)N(Cc2ccccc2)C1. The Labute approximate surface area is 159 Å². The molecule has 0 bridgehead atoms. The largest absolute Gasteiger partial charge is 0.514 e. The van der Waals surface area contributed by atoms with Gasteiger partial charge in [-0.05, 0) is 17.4 Å². The van der Waals surface area contributed by atoms with Crippen molar-refractivity contribution in [3.63, 3.8) is 0 Å². The molecule has 1 aliphatic rings. The van der Waals surface area contributed by atoms with Crippen LogP contribution in [0.5, 0.6) is 0 Å². The Morgan fingerprint density at radius 1 is 1.39 bits per heavy atom. The number of benzene rings is 1. The first-order chi connectivity index (χ1) is 13.4. The van der Waals surface area contributed by atoms with E-state index in [9.17, 15) is 19.7 Å². The molecule has 28 heavy (non-hydrogen) atoms. The molecule has 2 aromatic rings. The maximum atomic E-state index is 12.3. The number of hydrazone groups is 1. The average molecular weight is 386 g/mol. The molecule has 0 radical (unpaired) electrons. The third kappa shape index (κ3) is 4.72. The number of hydrogen-bond donors (Lipinski definition) is 1. The number of nitro groups is 1. The van der Waals surface area contributed by atoms with Gasteiger partial charge >= 0.3 is 5.95 Å². The Morgan fingerprint density at radius 2 is 2.14 bits per heavy atom. The summed E-state index contributed by atoms with van der Waals surface area (Å²) in [5, 5.41) is 24.9. The van der Waals surface area contributed by atoms with Gasteiger partial charge in [0.05, 0.1) is 21.8 Å². The van der Waals surface area contributed by atoms with Crippen molar-refractivity contribution in [1.82, 2.24) is 30.5 Å². The van der Waals surface area contributed by atoms with Gasteiger partial charge in [-0.2, -0.15) is 5.10 Å². The number of likely N-dealkylation sites (tertiary alicyclic amines) is 1. The zero-order valence-electron chi connectivity index (χ0n) is 15.1. The molecule has 1 atom stereocenters. The van der Waals surface area contributed by atoms with Gasteiger partial charge in [0.1, 0.15) is 6.54 Å². The Balaban J connectivity index is 1.52. The smallest absolute Gasteiger partial charge is 0.390 e. The normalized spacial score (nSPS) is 17.0. The van der Waals surface area contributed by atoms with E-state index in [4.69, 9.17) is 0 Å². The molecule has 2 amide bonds. The van der Waals surface area contributed by atoms with Crippen LogP contribution in [0.15, 0.2) is 35.4 Å². The van der Waals surface area contributed by atoms with Crippen LogP contribution in [0.3, 0.4) is 0 Å². The van der Waals surface area contributed by atoms with Gasteiger partial charge in [-0.15, -0.1) is 0 Å². The summed E-state index contributed by atoms with van der Waals surface area (Å²) in [6.07, 6.45) is 0.129. The minimum absolute atomic E-state index is 0.0326. The first-order valence-corrected chi connectivity index (χ1v) is 8.49. The van der Waals surface area contributed by atoms with Crippen LogP contribution >= 0.6 is 0 Å². The summed E-state index contributed by atoms with van der Waals surface area (Å²) in [6, 6.07) is 9.55. The molecule has 1 aromatic carbocycles. The van der Waals surface area contributed by atoms with E-state index in [1.54, 1.807) is 11.8 Å². The van der Waals surface area contributed by atoms with E-state index in [-0.39, 0.29) is 24.8 Å². The number of nitrogens with zero attached hydrogens (tertiary/aromatic N) is 7. The third-order valence-corrected chi connectivity index (χ3v) is 4.13. The molecule has 1 fully saturated rings. The average Bonchev–Trinajstić information content (AvgIpc) is 3.28. The first-order valence-electron chi connectivity index (χ1n) is 8.49. The molecule has 146 valence electrons. The lowest BCUT2D eigenvalue weighted by atomic mass is 10.1. The zero-order valence-corrected chi connectivity index (χ0v) is 15.1. The Kier molecular flexibility index (Phi) is 5.67. The fourth-order valence-electron chi connectivity index (χ4n) is 2.76. The molecule has 1 aliphatic heterocycles. The lowest BCUT2D eigenvalue weighted by molar-refractivity contribution is -0.394. The van der Waals surface area contributed by atoms with Gasteiger partial charge in [0.25, 0.3) is 0 Å². The Bertz CT molecular complexity index is 910. The van der Waals surface area contributed by atoms with Gasteiger partial charge in [0, 0.05) is 24.7 Å². The van der Waals surface area contributed by atoms with E-state index in [2.05, 4.69) is 25.9 Å². The number of amides is 2. The molecule has 1 saturated heterocycles. The van der Waals surface area contributed by atoms with Crippen molar-refractivity contribution in [2.24, 2.45) is 11.0 Å². The van der Waals surface area contributed by atoms with Gasteiger partial charge in [0.15, 0.2) is 0 Å². The summed E-state index contributed by atoms with van der Waals surface area (Å²) in [4.78, 5) is 36.9. The monoisotopic (exact) mass is 386 g/mol. The second-order valence-corrected chi connectivity index (χ2v) is 6.36. The number of carbonyl (C=O) groups is 2.